The van der Waals surface area contributed by atoms with Crippen LogP contribution in [0, 0.1) is 18.3 Å². The van der Waals surface area contributed by atoms with Crippen molar-refractivity contribution in [2.75, 3.05) is 11.9 Å². The molecule has 5 heteroatoms. The molecule has 0 spiro atoms. The van der Waals surface area contributed by atoms with Crippen LogP contribution < -0.4 is 5.32 Å². The molecule has 0 aliphatic carbocycles. The SMILES string of the molecule is Cc1csc(CCNc2cc(Br)cc(C#N)c2)n1. The highest BCUT2D eigenvalue weighted by atomic mass is 79.9. The molecule has 1 heterocycles. The van der Waals surface area contributed by atoms with E-state index in [0.29, 0.717) is 5.56 Å². The van der Waals surface area contributed by atoms with Gasteiger partial charge >= 0.3 is 0 Å². The summed E-state index contributed by atoms with van der Waals surface area (Å²) >= 11 is 5.08. The Morgan fingerprint density at radius 3 is 2.94 bits per heavy atom. The first-order valence-electron chi connectivity index (χ1n) is 5.53. The van der Waals surface area contributed by atoms with Crippen LogP contribution in [-0.2, 0) is 6.42 Å². The number of rotatable bonds is 4. The number of hydrogen-bond donors (Lipinski definition) is 1. The lowest BCUT2D eigenvalue weighted by atomic mass is 10.2. The molecule has 0 unspecified atom stereocenters. The van der Waals surface area contributed by atoms with E-state index in [2.05, 4.69) is 37.7 Å². The number of hydrogen-bond acceptors (Lipinski definition) is 4. The van der Waals surface area contributed by atoms with Gasteiger partial charge in [-0.2, -0.15) is 5.26 Å². The Morgan fingerprint density at radius 2 is 2.28 bits per heavy atom. The third-order valence-corrected chi connectivity index (χ3v) is 3.85. The van der Waals surface area contributed by atoms with Crippen molar-refractivity contribution >= 4 is 33.0 Å². The molecule has 3 nitrogen and oxygen atoms in total. The number of nitrogens with zero attached hydrogens (tertiary/aromatic N) is 2. The monoisotopic (exact) mass is 321 g/mol. The fourth-order valence-electron chi connectivity index (χ4n) is 1.59. The van der Waals surface area contributed by atoms with Crippen molar-refractivity contribution in [1.29, 1.82) is 5.26 Å². The summed E-state index contributed by atoms with van der Waals surface area (Å²) in [7, 11) is 0. The smallest absolute Gasteiger partial charge is 0.0992 e. The molecule has 0 aliphatic rings. The molecule has 0 bridgehead atoms. The van der Waals surface area contributed by atoms with E-state index < -0.39 is 0 Å². The normalized spacial score (nSPS) is 10.1. The average Bonchev–Trinajstić information content (AvgIpc) is 2.74. The minimum Gasteiger partial charge on any atom is -0.385 e. The highest BCUT2D eigenvalue weighted by molar-refractivity contribution is 9.10. The zero-order chi connectivity index (χ0) is 13.0. The summed E-state index contributed by atoms with van der Waals surface area (Å²) in [6.45, 7) is 2.81. The first-order valence-corrected chi connectivity index (χ1v) is 7.20. The Hall–Kier alpha value is -1.38. The van der Waals surface area contributed by atoms with Gasteiger partial charge in [-0.25, -0.2) is 4.98 Å². The van der Waals surface area contributed by atoms with E-state index in [4.69, 9.17) is 5.26 Å². The summed E-state index contributed by atoms with van der Waals surface area (Å²) in [5, 5.41) is 15.4. The van der Waals surface area contributed by atoms with Gasteiger partial charge < -0.3 is 5.32 Å². The van der Waals surface area contributed by atoms with Crippen LogP contribution in [0.2, 0.25) is 0 Å². The zero-order valence-electron chi connectivity index (χ0n) is 9.90. The van der Waals surface area contributed by atoms with Crippen molar-refractivity contribution in [3.63, 3.8) is 0 Å². The van der Waals surface area contributed by atoms with Crippen LogP contribution in [0.25, 0.3) is 0 Å². The summed E-state index contributed by atoms with van der Waals surface area (Å²) < 4.78 is 0.911. The fourth-order valence-corrected chi connectivity index (χ4v) is 2.86. The summed E-state index contributed by atoms with van der Waals surface area (Å²) in [4.78, 5) is 4.41. The highest BCUT2D eigenvalue weighted by Gasteiger charge is 2.01. The van der Waals surface area contributed by atoms with E-state index >= 15 is 0 Å². The highest BCUT2D eigenvalue weighted by Crippen LogP contribution is 2.19. The molecule has 2 aromatic rings. The zero-order valence-corrected chi connectivity index (χ0v) is 12.3. The van der Waals surface area contributed by atoms with Crippen molar-refractivity contribution in [2.24, 2.45) is 0 Å². The van der Waals surface area contributed by atoms with Gasteiger partial charge in [0.1, 0.15) is 0 Å². The summed E-state index contributed by atoms with van der Waals surface area (Å²) in [6, 6.07) is 7.75. The molecular formula is C13H12BrN3S. The Labute approximate surface area is 119 Å². The van der Waals surface area contributed by atoms with Gasteiger partial charge in [0.2, 0.25) is 0 Å². The molecule has 1 aromatic heterocycles. The molecule has 0 saturated heterocycles. The quantitative estimate of drug-likeness (QED) is 0.933. The third-order valence-electron chi connectivity index (χ3n) is 2.36. The van der Waals surface area contributed by atoms with Crippen LogP contribution in [0.15, 0.2) is 28.1 Å². The summed E-state index contributed by atoms with van der Waals surface area (Å²) in [6.07, 6.45) is 0.896. The number of anilines is 1. The maximum atomic E-state index is 8.89. The van der Waals surface area contributed by atoms with Crippen molar-refractivity contribution < 1.29 is 0 Å². The Bertz CT molecular complexity index is 586. The van der Waals surface area contributed by atoms with Crippen LogP contribution in [0.1, 0.15) is 16.3 Å². The Balaban J connectivity index is 1.94. The Kier molecular flexibility index (Phi) is 4.34. The van der Waals surface area contributed by atoms with Gasteiger partial charge in [0.05, 0.1) is 16.6 Å². The van der Waals surface area contributed by atoms with Crippen LogP contribution >= 0.6 is 27.3 Å². The lowest BCUT2D eigenvalue weighted by Gasteiger charge is -2.06. The molecule has 1 aromatic carbocycles. The number of aryl methyl sites for hydroxylation is 1. The molecule has 0 aliphatic heterocycles. The molecule has 18 heavy (non-hydrogen) atoms. The lowest BCUT2D eigenvalue weighted by molar-refractivity contribution is 0.987. The van der Waals surface area contributed by atoms with Crippen LogP contribution in [0.3, 0.4) is 0 Å². The molecule has 0 atom stereocenters. The largest absolute Gasteiger partial charge is 0.385 e. The molecule has 0 radical (unpaired) electrons. The summed E-state index contributed by atoms with van der Waals surface area (Å²) in [5.74, 6) is 0. The van der Waals surface area contributed by atoms with Crippen molar-refractivity contribution in [3.8, 4) is 6.07 Å². The van der Waals surface area contributed by atoms with E-state index in [1.54, 1.807) is 17.4 Å². The maximum Gasteiger partial charge on any atom is 0.0992 e. The van der Waals surface area contributed by atoms with Crippen molar-refractivity contribution in [3.05, 3.63) is 44.3 Å². The first kappa shape index (κ1) is 13.1. The lowest BCUT2D eigenvalue weighted by Crippen LogP contribution is -2.04. The van der Waals surface area contributed by atoms with Crippen molar-refractivity contribution in [2.45, 2.75) is 13.3 Å². The van der Waals surface area contributed by atoms with Gasteiger partial charge in [0.25, 0.3) is 0 Å². The number of benzene rings is 1. The van der Waals surface area contributed by atoms with Crippen LogP contribution in [0.4, 0.5) is 5.69 Å². The summed E-state index contributed by atoms with van der Waals surface area (Å²) in [5.41, 5.74) is 2.68. The van der Waals surface area contributed by atoms with Crippen molar-refractivity contribution in [1.82, 2.24) is 4.98 Å². The number of thiazole rings is 1. The minimum absolute atomic E-state index is 0.650. The Morgan fingerprint density at radius 1 is 1.44 bits per heavy atom. The van der Waals surface area contributed by atoms with E-state index in [1.807, 2.05) is 19.1 Å². The number of halogens is 1. The predicted octanol–water partition coefficient (Wildman–Crippen LogP) is 3.74. The van der Waals surface area contributed by atoms with Gasteiger partial charge in [0.15, 0.2) is 0 Å². The average molecular weight is 322 g/mol. The predicted molar refractivity (Wildman–Crippen MR) is 77.9 cm³/mol. The number of nitrogens with one attached hydrogen (secondary N) is 1. The standard InChI is InChI=1S/C13H12BrN3S/c1-9-8-18-13(17-9)2-3-16-12-5-10(7-15)4-11(14)6-12/h4-6,8,16H,2-3H2,1H3. The van der Waals surface area contributed by atoms with Crippen LogP contribution in [-0.4, -0.2) is 11.5 Å². The fraction of sp³-hybridized carbons (Fsp3) is 0.231. The second-order valence-electron chi connectivity index (χ2n) is 3.90. The number of nitriles is 1. The number of aromatic nitrogens is 1. The van der Waals surface area contributed by atoms with E-state index in [9.17, 15) is 0 Å². The van der Waals surface area contributed by atoms with Gasteiger partial charge in [-0.15, -0.1) is 11.3 Å². The second-order valence-corrected chi connectivity index (χ2v) is 5.76. The molecular weight excluding hydrogens is 310 g/mol. The first-order chi connectivity index (χ1) is 8.67. The van der Waals surface area contributed by atoms with Gasteiger partial charge in [0, 0.05) is 34.2 Å². The minimum atomic E-state index is 0.650. The third kappa shape index (κ3) is 3.56. The maximum absolute atomic E-state index is 8.89. The van der Waals surface area contributed by atoms with E-state index in [0.717, 1.165) is 33.8 Å². The molecule has 92 valence electrons. The van der Waals surface area contributed by atoms with Gasteiger partial charge in [-0.05, 0) is 25.1 Å². The molecule has 0 fully saturated rings. The van der Waals surface area contributed by atoms with Gasteiger partial charge in [-0.3, -0.25) is 0 Å². The molecule has 2 rings (SSSR count). The van der Waals surface area contributed by atoms with Crippen LogP contribution in [0.5, 0.6) is 0 Å². The van der Waals surface area contributed by atoms with E-state index in [-0.39, 0.29) is 0 Å². The molecule has 1 N–H and O–H groups in total. The van der Waals surface area contributed by atoms with Gasteiger partial charge in [-0.1, -0.05) is 15.9 Å². The van der Waals surface area contributed by atoms with E-state index in [1.165, 1.54) is 0 Å². The topological polar surface area (TPSA) is 48.7 Å². The second kappa shape index (κ2) is 5.98. The molecule has 0 saturated carbocycles. The molecule has 0 amide bonds.